The van der Waals surface area contributed by atoms with Crippen LogP contribution in [0, 0.1) is 5.41 Å². The molecule has 0 heterocycles. The van der Waals surface area contributed by atoms with Crippen molar-refractivity contribution in [2.75, 3.05) is 13.7 Å². The fraction of sp³-hybridized carbons (Fsp3) is 0.333. The van der Waals surface area contributed by atoms with Gasteiger partial charge in [-0.25, -0.2) is 0 Å². The Hall–Kier alpha value is -1.84. The Kier molecular flexibility index (Phi) is 3.70. The second-order valence-corrected chi connectivity index (χ2v) is 5.87. The maximum atomic E-state index is 10.9. The molecule has 0 saturated carbocycles. The van der Waals surface area contributed by atoms with Crippen LogP contribution in [-0.4, -0.2) is 18.8 Å². The summed E-state index contributed by atoms with van der Waals surface area (Å²) in [5.74, 6) is 0.759. The molecule has 110 valence electrons. The van der Waals surface area contributed by atoms with Crippen LogP contribution >= 0.6 is 0 Å². The SMILES string of the molecule is COc1cccc(C(O)C2(CN)Cc3ccccc3C2)c1. The lowest BCUT2D eigenvalue weighted by molar-refractivity contribution is 0.0356. The first-order valence-electron chi connectivity index (χ1n) is 7.27. The second kappa shape index (κ2) is 5.51. The van der Waals surface area contributed by atoms with Gasteiger partial charge in [-0.3, -0.25) is 0 Å². The number of hydrogen-bond acceptors (Lipinski definition) is 3. The van der Waals surface area contributed by atoms with Crippen molar-refractivity contribution in [3.05, 3.63) is 65.2 Å². The van der Waals surface area contributed by atoms with Gasteiger partial charge in [0.1, 0.15) is 5.75 Å². The van der Waals surface area contributed by atoms with Crippen LogP contribution in [0.4, 0.5) is 0 Å². The molecule has 0 amide bonds. The molecule has 0 aromatic heterocycles. The summed E-state index contributed by atoms with van der Waals surface area (Å²) in [5, 5.41) is 10.9. The monoisotopic (exact) mass is 283 g/mol. The van der Waals surface area contributed by atoms with Crippen LogP contribution in [0.3, 0.4) is 0 Å². The predicted octanol–water partition coefficient (Wildman–Crippen LogP) is 2.47. The first kappa shape index (κ1) is 14.1. The third kappa shape index (κ3) is 2.43. The molecule has 2 aromatic carbocycles. The van der Waals surface area contributed by atoms with Gasteiger partial charge in [0.25, 0.3) is 0 Å². The Morgan fingerprint density at radius 3 is 2.38 bits per heavy atom. The highest BCUT2D eigenvalue weighted by Gasteiger charge is 2.42. The quantitative estimate of drug-likeness (QED) is 0.906. The van der Waals surface area contributed by atoms with Gasteiger partial charge in [-0.05, 0) is 41.7 Å². The van der Waals surface area contributed by atoms with Crippen molar-refractivity contribution in [2.24, 2.45) is 11.1 Å². The molecule has 3 nitrogen and oxygen atoms in total. The van der Waals surface area contributed by atoms with E-state index >= 15 is 0 Å². The van der Waals surface area contributed by atoms with Crippen molar-refractivity contribution in [1.29, 1.82) is 0 Å². The topological polar surface area (TPSA) is 55.5 Å². The summed E-state index contributed by atoms with van der Waals surface area (Å²) in [7, 11) is 1.63. The molecule has 21 heavy (non-hydrogen) atoms. The molecule has 1 aliphatic rings. The first-order chi connectivity index (χ1) is 10.2. The molecule has 3 N–H and O–H groups in total. The van der Waals surface area contributed by atoms with Crippen molar-refractivity contribution < 1.29 is 9.84 Å². The zero-order valence-electron chi connectivity index (χ0n) is 12.3. The van der Waals surface area contributed by atoms with E-state index in [-0.39, 0.29) is 5.41 Å². The normalized spacial score (nSPS) is 17.3. The van der Waals surface area contributed by atoms with Crippen molar-refractivity contribution >= 4 is 0 Å². The van der Waals surface area contributed by atoms with Gasteiger partial charge in [0.2, 0.25) is 0 Å². The molecule has 1 aliphatic carbocycles. The maximum absolute atomic E-state index is 10.9. The molecule has 2 aromatic rings. The van der Waals surface area contributed by atoms with Crippen molar-refractivity contribution in [3.8, 4) is 5.75 Å². The van der Waals surface area contributed by atoms with E-state index in [9.17, 15) is 5.11 Å². The van der Waals surface area contributed by atoms with Crippen LogP contribution in [0.5, 0.6) is 5.75 Å². The van der Waals surface area contributed by atoms with Gasteiger partial charge in [-0.15, -0.1) is 0 Å². The first-order valence-corrected chi connectivity index (χ1v) is 7.27. The lowest BCUT2D eigenvalue weighted by atomic mass is 9.76. The number of ether oxygens (including phenoxy) is 1. The number of fused-ring (bicyclic) bond motifs is 1. The molecular formula is C18H21NO2. The molecule has 0 bridgehead atoms. The highest BCUT2D eigenvalue weighted by Crippen LogP contribution is 2.45. The van der Waals surface area contributed by atoms with E-state index in [1.165, 1.54) is 11.1 Å². The summed E-state index contributed by atoms with van der Waals surface area (Å²) < 4.78 is 5.25. The van der Waals surface area contributed by atoms with Gasteiger partial charge in [0, 0.05) is 12.0 Å². The molecule has 0 fully saturated rings. The summed E-state index contributed by atoms with van der Waals surface area (Å²) in [6.07, 6.45) is 1.04. The number of benzene rings is 2. The Morgan fingerprint density at radius 1 is 1.14 bits per heavy atom. The van der Waals surface area contributed by atoms with E-state index in [1.807, 2.05) is 36.4 Å². The van der Waals surface area contributed by atoms with Gasteiger partial charge in [0.05, 0.1) is 13.2 Å². The molecule has 1 atom stereocenters. The molecule has 0 saturated heterocycles. The number of nitrogens with two attached hydrogens (primary N) is 1. The highest BCUT2D eigenvalue weighted by atomic mass is 16.5. The summed E-state index contributed by atoms with van der Waals surface area (Å²) >= 11 is 0. The van der Waals surface area contributed by atoms with E-state index in [2.05, 4.69) is 12.1 Å². The van der Waals surface area contributed by atoms with Crippen LogP contribution in [0.2, 0.25) is 0 Å². The van der Waals surface area contributed by atoms with Crippen molar-refractivity contribution in [1.82, 2.24) is 0 Å². The Balaban J connectivity index is 1.94. The minimum Gasteiger partial charge on any atom is -0.497 e. The largest absolute Gasteiger partial charge is 0.497 e. The van der Waals surface area contributed by atoms with Gasteiger partial charge in [0.15, 0.2) is 0 Å². The number of methoxy groups -OCH3 is 1. The number of aliphatic hydroxyl groups is 1. The molecular weight excluding hydrogens is 262 g/mol. The van der Waals surface area contributed by atoms with Gasteiger partial charge in [-0.1, -0.05) is 36.4 Å². The second-order valence-electron chi connectivity index (χ2n) is 5.87. The molecule has 0 spiro atoms. The fourth-order valence-corrected chi connectivity index (χ4v) is 3.34. The molecule has 3 heteroatoms. The van der Waals surface area contributed by atoms with Gasteiger partial charge in [-0.2, -0.15) is 0 Å². The van der Waals surface area contributed by atoms with E-state index in [4.69, 9.17) is 10.5 Å². The number of rotatable bonds is 4. The third-order valence-corrected chi connectivity index (χ3v) is 4.60. The van der Waals surface area contributed by atoms with Crippen LogP contribution in [0.25, 0.3) is 0 Å². The van der Waals surface area contributed by atoms with E-state index in [1.54, 1.807) is 7.11 Å². The standard InChI is InChI=1S/C18H21NO2/c1-21-16-8-4-7-13(9-16)17(20)18(12-19)10-14-5-2-3-6-15(14)11-18/h2-9,17,20H,10-12,19H2,1H3. The van der Waals surface area contributed by atoms with Crippen molar-refractivity contribution in [2.45, 2.75) is 18.9 Å². The lowest BCUT2D eigenvalue weighted by Gasteiger charge is -2.33. The van der Waals surface area contributed by atoms with Gasteiger partial charge < -0.3 is 15.6 Å². The molecule has 1 unspecified atom stereocenters. The van der Waals surface area contributed by atoms with Crippen molar-refractivity contribution in [3.63, 3.8) is 0 Å². The van der Waals surface area contributed by atoms with E-state index in [0.29, 0.717) is 6.54 Å². The van der Waals surface area contributed by atoms with Crippen LogP contribution < -0.4 is 10.5 Å². The van der Waals surface area contributed by atoms with E-state index in [0.717, 1.165) is 24.2 Å². The summed E-state index contributed by atoms with van der Waals surface area (Å²) in [5.41, 5.74) is 9.20. The fourth-order valence-electron chi connectivity index (χ4n) is 3.34. The average Bonchev–Trinajstić information content (AvgIpc) is 2.94. The highest BCUT2D eigenvalue weighted by molar-refractivity contribution is 5.38. The van der Waals surface area contributed by atoms with E-state index < -0.39 is 6.10 Å². The molecule has 3 rings (SSSR count). The van der Waals surface area contributed by atoms with Crippen LogP contribution in [0.15, 0.2) is 48.5 Å². The lowest BCUT2D eigenvalue weighted by Crippen LogP contribution is -2.37. The molecule has 0 aliphatic heterocycles. The average molecular weight is 283 g/mol. The Labute approximate surface area is 125 Å². The summed E-state index contributed by atoms with van der Waals surface area (Å²) in [6.45, 7) is 0.458. The Bertz CT molecular complexity index is 614. The molecule has 0 radical (unpaired) electrons. The van der Waals surface area contributed by atoms with Gasteiger partial charge >= 0.3 is 0 Å². The predicted molar refractivity (Wildman–Crippen MR) is 83.3 cm³/mol. The maximum Gasteiger partial charge on any atom is 0.119 e. The Morgan fingerprint density at radius 2 is 1.81 bits per heavy atom. The number of aliphatic hydroxyl groups excluding tert-OH is 1. The number of hydrogen-bond donors (Lipinski definition) is 2. The minimum atomic E-state index is -0.593. The zero-order valence-corrected chi connectivity index (χ0v) is 12.3. The zero-order chi connectivity index (χ0) is 14.9. The smallest absolute Gasteiger partial charge is 0.119 e. The third-order valence-electron chi connectivity index (χ3n) is 4.60. The minimum absolute atomic E-state index is 0.323. The summed E-state index contributed by atoms with van der Waals surface area (Å²) in [6, 6.07) is 16.0. The summed E-state index contributed by atoms with van der Waals surface area (Å²) in [4.78, 5) is 0. The van der Waals surface area contributed by atoms with Crippen LogP contribution in [-0.2, 0) is 12.8 Å². The van der Waals surface area contributed by atoms with Crippen LogP contribution in [0.1, 0.15) is 22.8 Å².